The lowest BCUT2D eigenvalue weighted by Gasteiger charge is -2.20. The first-order valence-electron chi connectivity index (χ1n) is 5.43. The minimum atomic E-state index is 0.366. The number of aromatic nitrogens is 1. The van der Waals surface area contributed by atoms with Gasteiger partial charge in [-0.2, -0.15) is 0 Å². The van der Waals surface area contributed by atoms with Crippen LogP contribution in [-0.2, 0) is 0 Å². The lowest BCUT2D eigenvalue weighted by atomic mass is 10.2. The topological polar surface area (TPSA) is 42.1 Å². The van der Waals surface area contributed by atoms with E-state index in [4.69, 9.17) is 29.6 Å². The zero-order valence-corrected chi connectivity index (χ0v) is 13.3. The molecule has 1 aromatic carbocycles. The van der Waals surface area contributed by atoms with Gasteiger partial charge < -0.3 is 10.6 Å². The molecule has 19 heavy (non-hydrogen) atoms. The third-order valence-electron chi connectivity index (χ3n) is 2.62. The number of hydrogen-bond donors (Lipinski definition) is 1. The molecule has 3 nitrogen and oxygen atoms in total. The molecule has 0 aliphatic heterocycles. The molecule has 0 saturated heterocycles. The van der Waals surface area contributed by atoms with Crippen molar-refractivity contribution in [3.8, 4) is 0 Å². The number of nitrogens with two attached hydrogens (primary N) is 1. The molecule has 0 bridgehead atoms. The summed E-state index contributed by atoms with van der Waals surface area (Å²) in [6, 6.07) is 9.42. The normalized spacial score (nSPS) is 10.3. The van der Waals surface area contributed by atoms with Gasteiger partial charge in [0.2, 0.25) is 0 Å². The van der Waals surface area contributed by atoms with Crippen LogP contribution in [0.4, 0.5) is 11.5 Å². The van der Waals surface area contributed by atoms with E-state index in [0.717, 1.165) is 15.7 Å². The van der Waals surface area contributed by atoms with E-state index in [1.807, 2.05) is 36.2 Å². The van der Waals surface area contributed by atoms with Crippen molar-refractivity contribution in [3.05, 3.63) is 51.6 Å². The molecule has 2 rings (SSSR count). The Bertz CT molecular complexity index is 633. The minimum absolute atomic E-state index is 0.366. The van der Waals surface area contributed by atoms with Gasteiger partial charge in [-0.25, -0.2) is 4.98 Å². The zero-order chi connectivity index (χ0) is 14.0. The standard InChI is InChI=1S/C13H11BrClN3S/c1-18(13-11(15)6-9(14)7-17-13)10-4-2-3-8(5-10)12(16)19/h2-7H,1H3,(H2,16,19). The lowest BCUT2D eigenvalue weighted by molar-refractivity contribution is 1.12. The fourth-order valence-corrected chi connectivity index (χ4v) is 2.53. The molecule has 1 aromatic heterocycles. The maximum Gasteiger partial charge on any atom is 0.151 e. The van der Waals surface area contributed by atoms with Gasteiger partial charge >= 0.3 is 0 Å². The van der Waals surface area contributed by atoms with Crippen molar-refractivity contribution >= 4 is 56.2 Å². The smallest absolute Gasteiger partial charge is 0.151 e. The van der Waals surface area contributed by atoms with Gasteiger partial charge in [-0.05, 0) is 34.1 Å². The van der Waals surface area contributed by atoms with Gasteiger partial charge in [0.15, 0.2) is 5.82 Å². The van der Waals surface area contributed by atoms with Gasteiger partial charge in [-0.1, -0.05) is 36.0 Å². The van der Waals surface area contributed by atoms with Crippen LogP contribution in [-0.4, -0.2) is 17.0 Å². The fourth-order valence-electron chi connectivity index (χ4n) is 1.64. The Morgan fingerprint density at radius 3 is 2.79 bits per heavy atom. The molecular weight excluding hydrogens is 346 g/mol. The highest BCUT2D eigenvalue weighted by Crippen LogP contribution is 2.30. The molecule has 6 heteroatoms. The Kier molecular flexibility index (Phi) is 4.39. The third-order valence-corrected chi connectivity index (χ3v) is 3.57. The number of benzene rings is 1. The van der Waals surface area contributed by atoms with E-state index in [1.54, 1.807) is 12.3 Å². The number of anilines is 2. The molecular formula is C13H11BrClN3S. The van der Waals surface area contributed by atoms with Crippen LogP contribution < -0.4 is 10.6 Å². The van der Waals surface area contributed by atoms with Gasteiger partial charge in [0.1, 0.15) is 4.99 Å². The quantitative estimate of drug-likeness (QED) is 0.847. The summed E-state index contributed by atoms with van der Waals surface area (Å²) >= 11 is 14.5. The summed E-state index contributed by atoms with van der Waals surface area (Å²) < 4.78 is 0.839. The SMILES string of the molecule is CN(c1cccc(C(N)=S)c1)c1ncc(Br)cc1Cl. The van der Waals surface area contributed by atoms with Gasteiger partial charge in [-0.15, -0.1) is 0 Å². The third kappa shape index (κ3) is 3.23. The van der Waals surface area contributed by atoms with E-state index in [1.165, 1.54) is 0 Å². The average molecular weight is 357 g/mol. The molecule has 0 aliphatic rings. The zero-order valence-electron chi connectivity index (χ0n) is 10.1. The molecule has 1 heterocycles. The van der Waals surface area contributed by atoms with Gasteiger partial charge in [-0.3, -0.25) is 0 Å². The first-order valence-corrected chi connectivity index (χ1v) is 7.01. The van der Waals surface area contributed by atoms with E-state index < -0.39 is 0 Å². The van der Waals surface area contributed by atoms with E-state index in [0.29, 0.717) is 15.8 Å². The van der Waals surface area contributed by atoms with Crippen molar-refractivity contribution in [1.82, 2.24) is 4.98 Å². The van der Waals surface area contributed by atoms with E-state index in [-0.39, 0.29) is 0 Å². The van der Waals surface area contributed by atoms with E-state index >= 15 is 0 Å². The molecule has 0 fully saturated rings. The molecule has 0 saturated carbocycles. The molecule has 2 aromatic rings. The fraction of sp³-hybridized carbons (Fsp3) is 0.0769. The Labute approximate surface area is 130 Å². The van der Waals surface area contributed by atoms with E-state index in [9.17, 15) is 0 Å². The summed E-state index contributed by atoms with van der Waals surface area (Å²) in [6.07, 6.45) is 1.70. The molecule has 0 aliphatic carbocycles. The summed E-state index contributed by atoms with van der Waals surface area (Å²) in [5.74, 6) is 0.671. The van der Waals surface area contributed by atoms with Crippen molar-refractivity contribution in [2.45, 2.75) is 0 Å². The summed E-state index contributed by atoms with van der Waals surface area (Å²) in [6.45, 7) is 0. The Morgan fingerprint density at radius 2 is 2.16 bits per heavy atom. The van der Waals surface area contributed by atoms with E-state index in [2.05, 4.69) is 20.9 Å². The minimum Gasteiger partial charge on any atom is -0.389 e. The molecule has 0 unspecified atom stereocenters. The Balaban J connectivity index is 2.41. The van der Waals surface area contributed by atoms with Crippen molar-refractivity contribution in [1.29, 1.82) is 0 Å². The van der Waals surface area contributed by atoms with Gasteiger partial charge in [0, 0.05) is 29.0 Å². The number of rotatable bonds is 3. The molecule has 0 amide bonds. The summed E-state index contributed by atoms with van der Waals surface area (Å²) in [4.78, 5) is 6.56. The second kappa shape index (κ2) is 5.86. The number of thiocarbonyl (C=S) groups is 1. The summed E-state index contributed by atoms with van der Waals surface area (Å²) in [7, 11) is 1.89. The van der Waals surface area contributed by atoms with Crippen LogP contribution in [0.3, 0.4) is 0 Å². The Hall–Kier alpha value is -1.17. The molecule has 0 radical (unpaired) electrons. The second-order valence-electron chi connectivity index (χ2n) is 3.93. The largest absolute Gasteiger partial charge is 0.389 e. The van der Waals surface area contributed by atoms with Crippen LogP contribution in [0.5, 0.6) is 0 Å². The summed E-state index contributed by atoms with van der Waals surface area (Å²) in [5.41, 5.74) is 7.37. The van der Waals surface area contributed by atoms with Crippen molar-refractivity contribution in [3.63, 3.8) is 0 Å². The maximum absolute atomic E-state index is 6.19. The van der Waals surface area contributed by atoms with Crippen LogP contribution in [0, 0.1) is 0 Å². The predicted molar refractivity (Wildman–Crippen MR) is 87.3 cm³/mol. The van der Waals surface area contributed by atoms with Crippen molar-refractivity contribution in [2.75, 3.05) is 11.9 Å². The molecule has 0 atom stereocenters. The monoisotopic (exact) mass is 355 g/mol. The molecule has 2 N–H and O–H groups in total. The van der Waals surface area contributed by atoms with Gasteiger partial charge in [0.25, 0.3) is 0 Å². The Morgan fingerprint density at radius 1 is 1.42 bits per heavy atom. The van der Waals surface area contributed by atoms with Crippen molar-refractivity contribution in [2.24, 2.45) is 5.73 Å². The number of halogens is 2. The first kappa shape index (κ1) is 14.2. The number of hydrogen-bond acceptors (Lipinski definition) is 3. The first-order chi connectivity index (χ1) is 8.99. The van der Waals surface area contributed by atoms with Crippen LogP contribution in [0.1, 0.15) is 5.56 Å². The highest BCUT2D eigenvalue weighted by molar-refractivity contribution is 9.10. The maximum atomic E-state index is 6.19. The summed E-state index contributed by atoms with van der Waals surface area (Å²) in [5, 5.41) is 0.567. The number of pyridine rings is 1. The molecule has 0 spiro atoms. The highest BCUT2D eigenvalue weighted by atomic mass is 79.9. The van der Waals surface area contributed by atoms with Crippen molar-refractivity contribution < 1.29 is 0 Å². The predicted octanol–water partition coefficient (Wildman–Crippen LogP) is 3.90. The van der Waals surface area contributed by atoms with Gasteiger partial charge in [0.05, 0.1) is 5.02 Å². The van der Waals surface area contributed by atoms with Crippen LogP contribution >= 0.6 is 39.7 Å². The lowest BCUT2D eigenvalue weighted by Crippen LogP contribution is -2.14. The van der Waals surface area contributed by atoms with Crippen LogP contribution in [0.25, 0.3) is 0 Å². The van der Waals surface area contributed by atoms with Crippen LogP contribution in [0.15, 0.2) is 41.0 Å². The molecule has 98 valence electrons. The number of nitrogens with zero attached hydrogens (tertiary/aromatic N) is 2. The highest BCUT2D eigenvalue weighted by Gasteiger charge is 2.11. The average Bonchev–Trinajstić information content (AvgIpc) is 2.38. The van der Waals surface area contributed by atoms with Crippen LogP contribution in [0.2, 0.25) is 5.02 Å². The second-order valence-corrected chi connectivity index (χ2v) is 5.70.